The summed E-state index contributed by atoms with van der Waals surface area (Å²) in [6.07, 6.45) is 0.172. The number of nitrogens with one attached hydrogen (secondary N) is 1. The lowest BCUT2D eigenvalue weighted by molar-refractivity contribution is -0.131. The predicted molar refractivity (Wildman–Crippen MR) is 104 cm³/mol. The fraction of sp³-hybridized carbons (Fsp3) is 0.409. The second-order valence-corrected chi connectivity index (χ2v) is 7.35. The Kier molecular flexibility index (Phi) is 5.28. The van der Waals surface area contributed by atoms with Gasteiger partial charge in [-0.3, -0.25) is 4.79 Å². The van der Waals surface area contributed by atoms with E-state index in [-0.39, 0.29) is 24.5 Å². The molecule has 0 aromatic heterocycles. The second kappa shape index (κ2) is 8.00. The molecule has 2 aromatic rings. The van der Waals surface area contributed by atoms with Crippen molar-refractivity contribution in [3.63, 3.8) is 0 Å². The van der Waals surface area contributed by atoms with Crippen LogP contribution in [0.15, 0.2) is 42.5 Å². The maximum absolute atomic E-state index is 12.9. The van der Waals surface area contributed by atoms with Crippen LogP contribution >= 0.6 is 0 Å². The highest BCUT2D eigenvalue weighted by atomic mass is 16.6. The van der Waals surface area contributed by atoms with Crippen LogP contribution in [0.25, 0.3) is 0 Å². The van der Waals surface area contributed by atoms with Crippen molar-refractivity contribution in [3.05, 3.63) is 48.0 Å². The van der Waals surface area contributed by atoms with Crippen LogP contribution in [0.5, 0.6) is 23.0 Å². The maximum atomic E-state index is 12.9. The molecule has 28 heavy (non-hydrogen) atoms. The Labute approximate surface area is 164 Å². The summed E-state index contributed by atoms with van der Waals surface area (Å²) in [5.41, 5.74) is 0.977. The summed E-state index contributed by atoms with van der Waals surface area (Å²) in [7, 11) is 0. The molecule has 148 valence electrons. The molecule has 2 aliphatic heterocycles. The van der Waals surface area contributed by atoms with E-state index >= 15 is 0 Å². The van der Waals surface area contributed by atoms with Crippen molar-refractivity contribution in [2.45, 2.75) is 32.4 Å². The molecule has 2 heterocycles. The number of amides is 1. The predicted octanol–water partition coefficient (Wildman–Crippen LogP) is 3.50. The standard InChI is InChI=1S/C22H25NO5/c1-14(2)21(15-8-9-17-19(12-15)26-11-5-10-25-17)23-22(24)20-13-27-16-6-3-4-7-18(16)28-20/h3-4,6-9,12,14,20-21H,5,10-11,13H2,1-2H3,(H,23,24). The molecular weight excluding hydrogens is 358 g/mol. The number of fused-ring (bicyclic) bond motifs is 2. The van der Waals surface area contributed by atoms with E-state index in [1.165, 1.54) is 0 Å². The molecule has 2 unspecified atom stereocenters. The summed E-state index contributed by atoms with van der Waals surface area (Å²) in [5, 5.41) is 3.12. The molecule has 2 aliphatic rings. The van der Waals surface area contributed by atoms with E-state index in [4.69, 9.17) is 18.9 Å². The fourth-order valence-corrected chi connectivity index (χ4v) is 3.40. The highest BCUT2D eigenvalue weighted by Gasteiger charge is 2.30. The molecule has 0 radical (unpaired) electrons. The zero-order valence-electron chi connectivity index (χ0n) is 16.1. The average Bonchev–Trinajstić information content (AvgIpc) is 2.96. The van der Waals surface area contributed by atoms with Crippen LogP contribution in [-0.4, -0.2) is 31.8 Å². The van der Waals surface area contributed by atoms with Crippen molar-refractivity contribution in [2.24, 2.45) is 5.92 Å². The van der Waals surface area contributed by atoms with E-state index in [9.17, 15) is 4.79 Å². The number of rotatable bonds is 4. The van der Waals surface area contributed by atoms with Gasteiger partial charge in [-0.2, -0.15) is 0 Å². The number of hydrogen-bond donors (Lipinski definition) is 1. The summed E-state index contributed by atoms with van der Waals surface area (Å²) in [6.45, 7) is 5.61. The van der Waals surface area contributed by atoms with Crippen LogP contribution in [-0.2, 0) is 4.79 Å². The van der Waals surface area contributed by atoms with Crippen LogP contribution in [0, 0.1) is 5.92 Å². The Balaban J connectivity index is 1.50. The third kappa shape index (κ3) is 3.86. The zero-order valence-corrected chi connectivity index (χ0v) is 16.1. The van der Waals surface area contributed by atoms with Gasteiger partial charge >= 0.3 is 0 Å². The van der Waals surface area contributed by atoms with Crippen LogP contribution in [0.3, 0.4) is 0 Å². The van der Waals surface area contributed by atoms with E-state index in [2.05, 4.69) is 19.2 Å². The molecule has 4 rings (SSSR count). The van der Waals surface area contributed by atoms with Gasteiger partial charge in [0.15, 0.2) is 23.0 Å². The number of carbonyl (C=O) groups is 1. The minimum absolute atomic E-state index is 0.176. The third-order valence-electron chi connectivity index (χ3n) is 4.90. The topological polar surface area (TPSA) is 66.0 Å². The molecule has 6 nitrogen and oxygen atoms in total. The number of ether oxygens (including phenoxy) is 4. The largest absolute Gasteiger partial charge is 0.490 e. The average molecular weight is 383 g/mol. The Bertz CT molecular complexity index is 851. The molecule has 0 saturated heterocycles. The number of benzene rings is 2. The van der Waals surface area contributed by atoms with Gasteiger partial charge in [0, 0.05) is 6.42 Å². The van der Waals surface area contributed by atoms with Crippen molar-refractivity contribution < 1.29 is 23.7 Å². The normalized spacial score (nSPS) is 18.9. The quantitative estimate of drug-likeness (QED) is 0.875. The van der Waals surface area contributed by atoms with Crippen molar-refractivity contribution in [2.75, 3.05) is 19.8 Å². The highest BCUT2D eigenvalue weighted by Crippen LogP contribution is 2.35. The van der Waals surface area contributed by atoms with Gasteiger partial charge in [0.05, 0.1) is 19.3 Å². The van der Waals surface area contributed by atoms with Crippen molar-refractivity contribution in [3.8, 4) is 23.0 Å². The minimum atomic E-state index is -0.684. The first kappa shape index (κ1) is 18.5. The lowest BCUT2D eigenvalue weighted by atomic mass is 9.95. The zero-order chi connectivity index (χ0) is 19.5. The third-order valence-corrected chi connectivity index (χ3v) is 4.90. The van der Waals surface area contributed by atoms with Crippen LogP contribution in [0.1, 0.15) is 31.9 Å². The van der Waals surface area contributed by atoms with Gasteiger partial charge < -0.3 is 24.3 Å². The lowest BCUT2D eigenvalue weighted by Crippen LogP contribution is -2.46. The monoisotopic (exact) mass is 383 g/mol. The Morgan fingerprint density at radius 1 is 0.964 bits per heavy atom. The maximum Gasteiger partial charge on any atom is 0.265 e. The molecule has 0 fully saturated rings. The van der Waals surface area contributed by atoms with Gasteiger partial charge in [-0.05, 0) is 35.7 Å². The molecular formula is C22H25NO5. The van der Waals surface area contributed by atoms with E-state index in [0.29, 0.717) is 24.7 Å². The highest BCUT2D eigenvalue weighted by molar-refractivity contribution is 5.82. The first-order valence-corrected chi connectivity index (χ1v) is 9.70. The number of carbonyl (C=O) groups excluding carboxylic acids is 1. The summed E-state index contributed by atoms with van der Waals surface area (Å²) in [4.78, 5) is 12.9. The molecule has 0 spiro atoms. The van der Waals surface area contributed by atoms with Crippen molar-refractivity contribution in [1.29, 1.82) is 0 Å². The summed E-state index contributed by atoms with van der Waals surface area (Å²) in [5.74, 6) is 2.71. The van der Waals surface area contributed by atoms with Gasteiger partial charge in [-0.15, -0.1) is 0 Å². The van der Waals surface area contributed by atoms with Gasteiger partial charge in [0.1, 0.15) is 6.61 Å². The number of para-hydroxylation sites is 2. The van der Waals surface area contributed by atoms with E-state index in [1.807, 2.05) is 36.4 Å². The number of hydrogen-bond acceptors (Lipinski definition) is 5. The first-order chi connectivity index (χ1) is 13.6. The molecule has 0 saturated carbocycles. The van der Waals surface area contributed by atoms with Crippen LogP contribution < -0.4 is 24.3 Å². The molecule has 6 heteroatoms. The van der Waals surface area contributed by atoms with E-state index in [1.54, 1.807) is 6.07 Å². The van der Waals surface area contributed by atoms with Gasteiger partial charge in [-0.25, -0.2) is 0 Å². The fourth-order valence-electron chi connectivity index (χ4n) is 3.40. The van der Waals surface area contributed by atoms with Gasteiger partial charge in [0.2, 0.25) is 6.10 Å². The molecule has 1 amide bonds. The van der Waals surface area contributed by atoms with Crippen molar-refractivity contribution in [1.82, 2.24) is 5.32 Å². The SMILES string of the molecule is CC(C)C(NC(=O)C1COc2ccccc2O1)c1ccc2c(c1)OCCCO2. The van der Waals surface area contributed by atoms with E-state index in [0.717, 1.165) is 23.5 Å². The first-order valence-electron chi connectivity index (χ1n) is 9.70. The molecule has 1 N–H and O–H groups in total. The lowest BCUT2D eigenvalue weighted by Gasteiger charge is -2.29. The smallest absolute Gasteiger partial charge is 0.265 e. The Hall–Kier alpha value is -2.89. The van der Waals surface area contributed by atoms with Crippen LogP contribution in [0.2, 0.25) is 0 Å². The van der Waals surface area contributed by atoms with Gasteiger partial charge in [-0.1, -0.05) is 32.0 Å². The molecule has 0 bridgehead atoms. The molecule has 2 aromatic carbocycles. The Morgan fingerprint density at radius 3 is 2.46 bits per heavy atom. The summed E-state index contributed by atoms with van der Waals surface area (Å²) in [6, 6.07) is 13.0. The molecule has 2 atom stereocenters. The Morgan fingerprint density at radius 2 is 1.68 bits per heavy atom. The van der Waals surface area contributed by atoms with Gasteiger partial charge in [0.25, 0.3) is 5.91 Å². The minimum Gasteiger partial charge on any atom is -0.490 e. The molecule has 0 aliphatic carbocycles. The van der Waals surface area contributed by atoms with Crippen LogP contribution in [0.4, 0.5) is 0 Å². The summed E-state index contributed by atoms with van der Waals surface area (Å²) < 4.78 is 23.0. The second-order valence-electron chi connectivity index (χ2n) is 7.35. The summed E-state index contributed by atoms with van der Waals surface area (Å²) >= 11 is 0. The van der Waals surface area contributed by atoms with Crippen molar-refractivity contribution >= 4 is 5.91 Å². The van der Waals surface area contributed by atoms with E-state index < -0.39 is 6.10 Å².